The molecule has 0 N–H and O–H groups in total. The van der Waals surface area contributed by atoms with Gasteiger partial charge in [-0.15, -0.1) is 0 Å². The van der Waals surface area contributed by atoms with Gasteiger partial charge in [0.25, 0.3) is 0 Å². The van der Waals surface area contributed by atoms with E-state index >= 15 is 0 Å². The van der Waals surface area contributed by atoms with Crippen LogP contribution in [0.4, 0.5) is 0 Å². The van der Waals surface area contributed by atoms with Crippen molar-refractivity contribution >= 4 is 14.1 Å². The molecule has 0 aliphatic carbocycles. The van der Waals surface area contributed by atoms with E-state index < -0.39 is 0 Å². The molecule has 2 heteroatoms. The maximum absolute atomic E-state index is 5.65. The van der Waals surface area contributed by atoms with Gasteiger partial charge in [0.15, 0.2) is 0 Å². The van der Waals surface area contributed by atoms with Gasteiger partial charge in [-0.2, -0.15) is 0 Å². The fraction of sp³-hybridized carbons (Fsp3) is 0.571. The second kappa shape index (κ2) is 9.81. The maximum atomic E-state index is 5.65. The summed E-state index contributed by atoms with van der Waals surface area (Å²) in [5, 5.41) is 1.30. The van der Waals surface area contributed by atoms with E-state index in [0.717, 1.165) is 6.61 Å². The summed E-state index contributed by atoms with van der Waals surface area (Å²) in [4.78, 5) is 0. The van der Waals surface area contributed by atoms with Crippen LogP contribution in [0.3, 0.4) is 0 Å². The van der Waals surface area contributed by atoms with Gasteiger partial charge < -0.3 is 4.52 Å². The highest BCUT2D eigenvalue weighted by Crippen LogP contribution is 2.13. The number of unbranched alkanes of at least 4 members (excludes halogenated alkanes) is 5. The minimum absolute atomic E-state index is 0.517. The van der Waals surface area contributed by atoms with E-state index in [1.54, 1.807) is 0 Å². The zero-order chi connectivity index (χ0) is 11.5. The molecule has 1 aromatic rings. The minimum Gasteiger partial charge on any atom is -0.358 e. The Hall–Kier alpha value is -0.390. The first-order valence-corrected chi connectivity index (χ1v) is 7.27. The molecule has 0 aromatic heterocycles. The lowest BCUT2D eigenvalue weighted by atomic mass is 10.1. The predicted molar refractivity (Wildman–Crippen MR) is 73.7 cm³/mol. The number of benzene rings is 1. The summed E-state index contributed by atoms with van der Waals surface area (Å²) in [6, 6.07) is 10.4. The summed E-state index contributed by atoms with van der Waals surface area (Å²) in [5.41, 5.74) is 0. The van der Waals surface area contributed by atoms with Gasteiger partial charge >= 0.3 is 0 Å². The molecule has 1 aromatic carbocycles. The summed E-state index contributed by atoms with van der Waals surface area (Å²) in [6.45, 7) is 3.17. The van der Waals surface area contributed by atoms with Crippen LogP contribution in [0.15, 0.2) is 30.3 Å². The molecule has 0 aliphatic heterocycles. The Labute approximate surface area is 101 Å². The van der Waals surface area contributed by atoms with Gasteiger partial charge in [0.05, 0.1) is 6.61 Å². The molecule has 0 saturated heterocycles. The summed E-state index contributed by atoms with van der Waals surface area (Å²) < 4.78 is 5.65. The number of hydrogen-bond donors (Lipinski definition) is 0. The van der Waals surface area contributed by atoms with Crippen LogP contribution in [-0.4, -0.2) is 6.61 Å². The molecule has 0 fully saturated rings. The zero-order valence-electron chi connectivity index (χ0n) is 10.2. The lowest BCUT2D eigenvalue weighted by Gasteiger charge is -2.03. The van der Waals surface area contributed by atoms with Crippen LogP contribution in [-0.2, 0) is 4.52 Å². The molecule has 0 radical (unpaired) electrons. The lowest BCUT2D eigenvalue weighted by Crippen LogP contribution is -1.95. The van der Waals surface area contributed by atoms with Crippen molar-refractivity contribution in [1.82, 2.24) is 0 Å². The highest BCUT2D eigenvalue weighted by molar-refractivity contribution is 7.41. The van der Waals surface area contributed by atoms with E-state index in [1.165, 1.54) is 43.8 Å². The molecule has 0 bridgehead atoms. The van der Waals surface area contributed by atoms with Crippen LogP contribution in [0.25, 0.3) is 0 Å². The van der Waals surface area contributed by atoms with E-state index in [0.29, 0.717) is 8.81 Å². The van der Waals surface area contributed by atoms with Crippen LogP contribution in [0.2, 0.25) is 0 Å². The van der Waals surface area contributed by atoms with Crippen molar-refractivity contribution in [3.8, 4) is 0 Å². The smallest absolute Gasteiger partial charge is 0.0509 e. The normalized spacial score (nSPS) is 11.3. The van der Waals surface area contributed by atoms with E-state index in [-0.39, 0.29) is 0 Å². The quantitative estimate of drug-likeness (QED) is 0.461. The molecule has 0 amide bonds. The van der Waals surface area contributed by atoms with Gasteiger partial charge in [-0.05, 0) is 11.7 Å². The predicted octanol–water partition coefficient (Wildman–Crippen LogP) is 4.28. The first kappa shape index (κ1) is 13.7. The molecule has 90 valence electrons. The van der Waals surface area contributed by atoms with Crippen molar-refractivity contribution in [3.63, 3.8) is 0 Å². The van der Waals surface area contributed by atoms with E-state index in [1.807, 2.05) is 6.07 Å². The maximum Gasteiger partial charge on any atom is 0.0509 e. The van der Waals surface area contributed by atoms with Crippen molar-refractivity contribution in [1.29, 1.82) is 0 Å². The Kier molecular flexibility index (Phi) is 8.38. The van der Waals surface area contributed by atoms with E-state index in [4.69, 9.17) is 4.52 Å². The van der Waals surface area contributed by atoms with Gasteiger partial charge in [-0.25, -0.2) is 0 Å². The Bertz CT molecular complexity index is 248. The summed E-state index contributed by atoms with van der Waals surface area (Å²) in [7, 11) is 0.517. The highest BCUT2D eigenvalue weighted by atomic mass is 31.1. The standard InChI is InChI=1S/C14H23OP/c1-2-3-4-5-6-10-13-15-16-14-11-8-7-9-12-14/h7-9,11-12,16H,2-6,10,13H2,1H3. The van der Waals surface area contributed by atoms with Gasteiger partial charge in [0, 0.05) is 8.81 Å². The van der Waals surface area contributed by atoms with E-state index in [2.05, 4.69) is 31.2 Å². The monoisotopic (exact) mass is 238 g/mol. The van der Waals surface area contributed by atoms with Gasteiger partial charge in [0.1, 0.15) is 0 Å². The average molecular weight is 238 g/mol. The molecule has 16 heavy (non-hydrogen) atoms. The molecule has 0 saturated carbocycles. The topological polar surface area (TPSA) is 9.23 Å². The summed E-state index contributed by atoms with van der Waals surface area (Å²) in [6.07, 6.45) is 7.99. The third kappa shape index (κ3) is 6.98. The largest absolute Gasteiger partial charge is 0.358 e. The third-order valence-electron chi connectivity index (χ3n) is 2.56. The van der Waals surface area contributed by atoms with Gasteiger partial charge in [-0.1, -0.05) is 69.4 Å². The minimum atomic E-state index is 0.517. The number of rotatable bonds is 9. The van der Waals surface area contributed by atoms with Gasteiger partial charge in [-0.3, -0.25) is 0 Å². The molecule has 1 nitrogen and oxygen atoms in total. The SMILES string of the molecule is CCCCCCCCOPc1ccccc1. The van der Waals surface area contributed by atoms with Crippen LogP contribution in [0, 0.1) is 0 Å². The van der Waals surface area contributed by atoms with Crippen LogP contribution in [0.1, 0.15) is 45.4 Å². The summed E-state index contributed by atoms with van der Waals surface area (Å²) in [5.74, 6) is 0. The van der Waals surface area contributed by atoms with E-state index in [9.17, 15) is 0 Å². The lowest BCUT2D eigenvalue weighted by molar-refractivity contribution is 0.348. The summed E-state index contributed by atoms with van der Waals surface area (Å²) >= 11 is 0. The molecule has 1 unspecified atom stereocenters. The zero-order valence-corrected chi connectivity index (χ0v) is 11.2. The molecule has 0 heterocycles. The molecule has 1 rings (SSSR count). The van der Waals surface area contributed by atoms with Crippen LogP contribution >= 0.6 is 8.81 Å². The number of hydrogen-bond acceptors (Lipinski definition) is 1. The second-order valence-electron chi connectivity index (χ2n) is 4.08. The highest BCUT2D eigenvalue weighted by Gasteiger charge is 1.93. The van der Waals surface area contributed by atoms with Crippen molar-refractivity contribution in [3.05, 3.63) is 30.3 Å². The molecular weight excluding hydrogens is 215 g/mol. The van der Waals surface area contributed by atoms with Crippen molar-refractivity contribution in [2.45, 2.75) is 45.4 Å². The van der Waals surface area contributed by atoms with Crippen molar-refractivity contribution < 1.29 is 4.52 Å². The molecule has 1 atom stereocenters. The average Bonchev–Trinajstić information content (AvgIpc) is 2.34. The van der Waals surface area contributed by atoms with Crippen molar-refractivity contribution in [2.75, 3.05) is 6.61 Å². The first-order chi connectivity index (χ1) is 7.93. The molecule has 0 spiro atoms. The molecule has 0 aliphatic rings. The fourth-order valence-corrected chi connectivity index (χ4v) is 2.34. The second-order valence-corrected chi connectivity index (χ2v) is 5.15. The Morgan fingerprint density at radius 2 is 1.62 bits per heavy atom. The van der Waals surface area contributed by atoms with Crippen molar-refractivity contribution in [2.24, 2.45) is 0 Å². The van der Waals surface area contributed by atoms with Crippen LogP contribution < -0.4 is 5.30 Å². The fourth-order valence-electron chi connectivity index (χ4n) is 1.60. The Morgan fingerprint density at radius 3 is 2.38 bits per heavy atom. The first-order valence-electron chi connectivity index (χ1n) is 6.36. The molecular formula is C14H23OP. The van der Waals surface area contributed by atoms with Crippen LogP contribution in [0.5, 0.6) is 0 Å². The van der Waals surface area contributed by atoms with Gasteiger partial charge in [0.2, 0.25) is 0 Å². The third-order valence-corrected chi connectivity index (χ3v) is 3.48. The Morgan fingerprint density at radius 1 is 0.938 bits per heavy atom. The Balaban J connectivity index is 1.89.